The minimum atomic E-state index is -0.868. The molecule has 6 nitrogen and oxygen atoms in total. The lowest BCUT2D eigenvalue weighted by molar-refractivity contribution is -0.170. The topological polar surface area (TPSA) is 77.7 Å². The van der Waals surface area contributed by atoms with E-state index in [2.05, 4.69) is 27.7 Å². The zero-order valence-corrected chi connectivity index (χ0v) is 16.6. The molecule has 0 radical (unpaired) electrons. The maximum Gasteiger partial charge on any atom is 0.347 e. The molecule has 7 atom stereocenters. The Kier molecular flexibility index (Phi) is 5.37. The van der Waals surface area contributed by atoms with Crippen LogP contribution < -0.4 is 0 Å². The third-order valence-corrected chi connectivity index (χ3v) is 6.37. The number of fused-ring (bicyclic) bond motifs is 1. The molecular weight excluding hydrogens is 336 g/mol. The van der Waals surface area contributed by atoms with Crippen molar-refractivity contribution >= 4 is 11.9 Å². The lowest BCUT2D eigenvalue weighted by Crippen LogP contribution is -2.33. The molecule has 3 rings (SSSR count). The first-order valence-corrected chi connectivity index (χ1v) is 9.86. The summed E-state index contributed by atoms with van der Waals surface area (Å²) in [6.07, 6.45) is 3.82. The van der Waals surface area contributed by atoms with E-state index in [1.54, 1.807) is 6.92 Å². The molecule has 26 heavy (non-hydrogen) atoms. The van der Waals surface area contributed by atoms with Crippen molar-refractivity contribution in [2.75, 3.05) is 6.61 Å². The van der Waals surface area contributed by atoms with Crippen LogP contribution in [0, 0.1) is 11.8 Å². The molecule has 2 saturated heterocycles. The van der Waals surface area contributed by atoms with E-state index in [1.807, 2.05) is 0 Å². The minimum Gasteiger partial charge on any atom is -0.463 e. The molecule has 0 amide bonds. The monoisotopic (exact) mass is 368 g/mol. The predicted octanol–water partition coefficient (Wildman–Crippen LogP) is 3.01. The van der Waals surface area contributed by atoms with Crippen molar-refractivity contribution in [3.63, 3.8) is 0 Å². The zero-order chi connectivity index (χ0) is 19.1. The summed E-state index contributed by atoms with van der Waals surface area (Å²) in [5, 5.41) is 0. The van der Waals surface area contributed by atoms with Gasteiger partial charge in [0, 0.05) is 0 Å². The highest BCUT2D eigenvalue weighted by atomic mass is 16.6. The van der Waals surface area contributed by atoms with Gasteiger partial charge in [0.15, 0.2) is 6.10 Å². The predicted molar refractivity (Wildman–Crippen MR) is 94.5 cm³/mol. The highest BCUT2D eigenvalue weighted by molar-refractivity contribution is 5.80. The fraction of sp³-hybridized carbons (Fsp3) is 0.900. The van der Waals surface area contributed by atoms with Gasteiger partial charge >= 0.3 is 11.9 Å². The minimum absolute atomic E-state index is 0.0115. The van der Waals surface area contributed by atoms with E-state index in [9.17, 15) is 9.59 Å². The fourth-order valence-corrected chi connectivity index (χ4v) is 3.77. The molecule has 0 spiro atoms. The average Bonchev–Trinajstić information content (AvgIpc) is 3.44. The Morgan fingerprint density at radius 2 is 1.92 bits per heavy atom. The van der Waals surface area contributed by atoms with Gasteiger partial charge in [-0.1, -0.05) is 6.92 Å². The molecule has 2 aliphatic heterocycles. The first-order valence-electron chi connectivity index (χ1n) is 9.86. The van der Waals surface area contributed by atoms with Crippen LogP contribution in [0.4, 0.5) is 0 Å². The third kappa shape index (κ3) is 4.39. The first kappa shape index (κ1) is 19.6. The summed E-state index contributed by atoms with van der Waals surface area (Å²) in [6, 6.07) is 0. The molecule has 3 fully saturated rings. The van der Waals surface area contributed by atoms with Gasteiger partial charge in [-0.05, 0) is 65.7 Å². The van der Waals surface area contributed by atoms with Crippen LogP contribution >= 0.6 is 0 Å². The Morgan fingerprint density at radius 1 is 1.23 bits per heavy atom. The van der Waals surface area contributed by atoms with E-state index in [1.165, 1.54) is 0 Å². The van der Waals surface area contributed by atoms with Crippen molar-refractivity contribution < 1.29 is 28.5 Å². The molecule has 0 aromatic rings. The van der Waals surface area contributed by atoms with E-state index in [0.717, 1.165) is 25.7 Å². The van der Waals surface area contributed by atoms with Crippen molar-refractivity contribution in [3.8, 4) is 0 Å². The summed E-state index contributed by atoms with van der Waals surface area (Å²) in [5.41, 5.74) is -0.0414. The second-order valence-corrected chi connectivity index (χ2v) is 8.82. The summed E-state index contributed by atoms with van der Waals surface area (Å²) >= 11 is 0. The highest BCUT2D eigenvalue weighted by Gasteiger charge is 2.56. The van der Waals surface area contributed by atoms with Gasteiger partial charge in [-0.2, -0.15) is 0 Å². The third-order valence-electron chi connectivity index (χ3n) is 6.37. The highest BCUT2D eigenvalue weighted by Crippen LogP contribution is 2.49. The molecule has 148 valence electrons. The normalized spacial score (nSPS) is 40.1. The van der Waals surface area contributed by atoms with Gasteiger partial charge in [0.05, 0.1) is 35.9 Å². The Hall–Kier alpha value is -1.14. The maximum absolute atomic E-state index is 12.3. The maximum atomic E-state index is 12.3. The lowest BCUT2D eigenvalue weighted by atomic mass is 9.83. The molecule has 0 aromatic heterocycles. The molecule has 1 saturated carbocycles. The number of hydrogen-bond donors (Lipinski definition) is 0. The Balaban J connectivity index is 1.33. The van der Waals surface area contributed by atoms with E-state index >= 15 is 0 Å². The summed E-state index contributed by atoms with van der Waals surface area (Å²) in [6.45, 7) is 10.2. The van der Waals surface area contributed by atoms with Crippen molar-refractivity contribution in [2.45, 2.75) is 96.2 Å². The van der Waals surface area contributed by atoms with Gasteiger partial charge in [-0.3, -0.25) is 4.79 Å². The van der Waals surface area contributed by atoms with Gasteiger partial charge in [0.1, 0.15) is 0 Å². The molecule has 0 aromatic carbocycles. The Bertz CT molecular complexity index is 563. The molecular formula is C20H32O6. The summed E-state index contributed by atoms with van der Waals surface area (Å²) in [7, 11) is 0. The van der Waals surface area contributed by atoms with Crippen LogP contribution in [0.3, 0.4) is 0 Å². The summed E-state index contributed by atoms with van der Waals surface area (Å²) < 4.78 is 21.8. The molecule has 2 heterocycles. The van der Waals surface area contributed by atoms with E-state index in [0.29, 0.717) is 19.1 Å². The summed E-state index contributed by atoms with van der Waals surface area (Å²) in [4.78, 5) is 24.4. The second kappa shape index (κ2) is 7.12. The van der Waals surface area contributed by atoms with Crippen LogP contribution in [0.25, 0.3) is 0 Å². The van der Waals surface area contributed by atoms with Crippen LogP contribution in [-0.2, 0) is 28.5 Å². The lowest BCUT2D eigenvalue weighted by Gasteiger charge is -2.22. The number of ether oxygens (including phenoxy) is 4. The van der Waals surface area contributed by atoms with Crippen LogP contribution in [-0.4, -0.2) is 48.1 Å². The molecule has 3 aliphatic rings. The number of epoxide rings is 2. The van der Waals surface area contributed by atoms with Crippen LogP contribution in [0.5, 0.6) is 0 Å². The average molecular weight is 368 g/mol. The van der Waals surface area contributed by atoms with Crippen molar-refractivity contribution in [2.24, 2.45) is 11.8 Å². The second-order valence-electron chi connectivity index (χ2n) is 8.82. The molecule has 1 aliphatic carbocycles. The Labute approximate surface area is 155 Å². The first-order chi connectivity index (χ1) is 12.1. The standard InChI is InChI=1S/C20H32O6/c1-12(6-8-19(4)14(3)25-19)11-23-17(21)13(2)24-18(22)15-7-9-20(5)16(10-15)26-20/h12-16H,6-11H2,1-5H3. The number of carbonyl (C=O) groups is 2. The molecule has 0 N–H and O–H groups in total. The smallest absolute Gasteiger partial charge is 0.347 e. The van der Waals surface area contributed by atoms with Gasteiger partial charge < -0.3 is 18.9 Å². The van der Waals surface area contributed by atoms with Crippen LogP contribution in [0.2, 0.25) is 0 Å². The van der Waals surface area contributed by atoms with Crippen LogP contribution in [0.1, 0.15) is 66.7 Å². The summed E-state index contributed by atoms with van der Waals surface area (Å²) in [5.74, 6) is -0.715. The van der Waals surface area contributed by atoms with Crippen molar-refractivity contribution in [3.05, 3.63) is 0 Å². The van der Waals surface area contributed by atoms with Gasteiger partial charge in [-0.15, -0.1) is 0 Å². The molecule has 7 unspecified atom stereocenters. The number of esters is 2. The van der Waals surface area contributed by atoms with Crippen LogP contribution in [0.15, 0.2) is 0 Å². The number of carbonyl (C=O) groups excluding carboxylic acids is 2. The van der Waals surface area contributed by atoms with E-state index in [-0.39, 0.29) is 35.1 Å². The quantitative estimate of drug-likeness (QED) is 0.484. The van der Waals surface area contributed by atoms with E-state index < -0.39 is 12.1 Å². The van der Waals surface area contributed by atoms with Gasteiger partial charge in [-0.25, -0.2) is 4.79 Å². The Morgan fingerprint density at radius 3 is 2.54 bits per heavy atom. The molecule has 6 heteroatoms. The molecule has 0 bridgehead atoms. The van der Waals surface area contributed by atoms with Gasteiger partial charge in [0.25, 0.3) is 0 Å². The number of hydrogen-bond acceptors (Lipinski definition) is 6. The fourth-order valence-electron chi connectivity index (χ4n) is 3.77. The largest absolute Gasteiger partial charge is 0.463 e. The zero-order valence-electron chi connectivity index (χ0n) is 16.6. The SMILES string of the molecule is CC(CCC1(C)OC1C)COC(=O)C(C)OC(=O)C1CCC2(C)OC2C1. The van der Waals surface area contributed by atoms with Gasteiger partial charge in [0.2, 0.25) is 0 Å². The number of rotatable bonds is 8. The van der Waals surface area contributed by atoms with E-state index in [4.69, 9.17) is 18.9 Å². The van der Waals surface area contributed by atoms with Crippen molar-refractivity contribution in [1.29, 1.82) is 0 Å². The van der Waals surface area contributed by atoms with Crippen molar-refractivity contribution in [1.82, 2.24) is 0 Å².